The number of carbonyl (C=O) groups is 1. The maximum Gasteiger partial charge on any atom is 0.336 e. The number of amides is 1. The lowest BCUT2D eigenvalue weighted by Crippen LogP contribution is -2.23. The van der Waals surface area contributed by atoms with Gasteiger partial charge < -0.3 is 9.73 Å². The standard InChI is InChI=1S/C18H14ClNO3/c1-11-6-7-13-12(9-17(21)23-16(13)8-11)10-20-18(22)14-4-2-3-5-15(14)19/h2-9H,10H2,1H3,(H,20,22). The first kappa shape index (κ1) is 15.3. The summed E-state index contributed by atoms with van der Waals surface area (Å²) in [6.07, 6.45) is 0. The van der Waals surface area contributed by atoms with Crippen molar-refractivity contribution in [2.45, 2.75) is 13.5 Å². The molecule has 0 aliphatic rings. The van der Waals surface area contributed by atoms with E-state index in [0.29, 0.717) is 21.7 Å². The van der Waals surface area contributed by atoms with Gasteiger partial charge in [0.2, 0.25) is 0 Å². The van der Waals surface area contributed by atoms with Crippen molar-refractivity contribution >= 4 is 28.5 Å². The number of carbonyl (C=O) groups excluding carboxylic acids is 1. The van der Waals surface area contributed by atoms with Crippen molar-refractivity contribution in [3.05, 3.63) is 80.7 Å². The molecule has 0 aliphatic carbocycles. The summed E-state index contributed by atoms with van der Waals surface area (Å²) >= 11 is 6.01. The van der Waals surface area contributed by atoms with Crippen molar-refractivity contribution < 1.29 is 9.21 Å². The molecule has 0 saturated carbocycles. The molecule has 4 nitrogen and oxygen atoms in total. The van der Waals surface area contributed by atoms with E-state index >= 15 is 0 Å². The summed E-state index contributed by atoms with van der Waals surface area (Å²) in [6.45, 7) is 2.14. The Morgan fingerprint density at radius 3 is 2.74 bits per heavy atom. The molecule has 0 saturated heterocycles. The van der Waals surface area contributed by atoms with Gasteiger partial charge in [-0.05, 0) is 36.2 Å². The fourth-order valence-electron chi connectivity index (χ4n) is 2.40. The highest BCUT2D eigenvalue weighted by atomic mass is 35.5. The highest BCUT2D eigenvalue weighted by Crippen LogP contribution is 2.19. The van der Waals surface area contributed by atoms with Crippen LogP contribution in [0, 0.1) is 6.92 Å². The number of halogens is 1. The highest BCUT2D eigenvalue weighted by Gasteiger charge is 2.11. The lowest BCUT2D eigenvalue weighted by molar-refractivity contribution is 0.0951. The fraction of sp³-hybridized carbons (Fsp3) is 0.111. The number of rotatable bonds is 3. The molecule has 5 heteroatoms. The zero-order chi connectivity index (χ0) is 16.4. The monoisotopic (exact) mass is 327 g/mol. The van der Waals surface area contributed by atoms with E-state index in [1.165, 1.54) is 6.07 Å². The van der Waals surface area contributed by atoms with Crippen LogP contribution in [0.2, 0.25) is 5.02 Å². The third kappa shape index (κ3) is 3.27. The van der Waals surface area contributed by atoms with Gasteiger partial charge in [-0.25, -0.2) is 4.79 Å². The van der Waals surface area contributed by atoms with Gasteiger partial charge in [0.25, 0.3) is 5.91 Å². The van der Waals surface area contributed by atoms with Crippen molar-refractivity contribution in [2.75, 3.05) is 0 Å². The SMILES string of the molecule is Cc1ccc2c(CNC(=O)c3ccccc3Cl)cc(=O)oc2c1. The lowest BCUT2D eigenvalue weighted by atomic mass is 10.1. The Balaban J connectivity index is 1.89. The first-order valence-corrected chi connectivity index (χ1v) is 7.48. The quantitative estimate of drug-likeness (QED) is 0.746. The number of hydrogen-bond acceptors (Lipinski definition) is 3. The van der Waals surface area contributed by atoms with Crippen LogP contribution in [0.5, 0.6) is 0 Å². The van der Waals surface area contributed by atoms with Gasteiger partial charge in [0.1, 0.15) is 5.58 Å². The first-order valence-electron chi connectivity index (χ1n) is 7.11. The van der Waals surface area contributed by atoms with Crippen LogP contribution in [0.4, 0.5) is 0 Å². The van der Waals surface area contributed by atoms with E-state index in [1.807, 2.05) is 19.1 Å². The molecule has 1 N–H and O–H groups in total. The second-order valence-electron chi connectivity index (χ2n) is 5.25. The van der Waals surface area contributed by atoms with Crippen molar-refractivity contribution in [1.82, 2.24) is 5.32 Å². The predicted octanol–water partition coefficient (Wildman–Crippen LogP) is 3.68. The van der Waals surface area contributed by atoms with Crippen LogP contribution in [0.15, 0.2) is 57.7 Å². The van der Waals surface area contributed by atoms with Gasteiger partial charge in [-0.1, -0.05) is 35.9 Å². The zero-order valence-electron chi connectivity index (χ0n) is 12.4. The third-order valence-electron chi connectivity index (χ3n) is 3.54. The Labute approximate surface area is 137 Å². The van der Waals surface area contributed by atoms with Gasteiger partial charge in [0.15, 0.2) is 0 Å². The molecule has 0 atom stereocenters. The maximum absolute atomic E-state index is 12.2. The van der Waals surface area contributed by atoms with Crippen LogP contribution in [0.25, 0.3) is 11.0 Å². The Kier molecular flexibility index (Phi) is 4.17. The highest BCUT2D eigenvalue weighted by molar-refractivity contribution is 6.33. The summed E-state index contributed by atoms with van der Waals surface area (Å²) in [5.74, 6) is -0.288. The largest absolute Gasteiger partial charge is 0.423 e. The molecule has 23 heavy (non-hydrogen) atoms. The summed E-state index contributed by atoms with van der Waals surface area (Å²) in [6, 6.07) is 13.8. The molecule has 0 bridgehead atoms. The molecule has 3 rings (SSSR count). The molecule has 0 spiro atoms. The molecular weight excluding hydrogens is 314 g/mol. The maximum atomic E-state index is 12.2. The van der Waals surface area contributed by atoms with Gasteiger partial charge >= 0.3 is 5.63 Å². The first-order chi connectivity index (χ1) is 11.0. The number of fused-ring (bicyclic) bond motifs is 1. The van der Waals surface area contributed by atoms with Crippen molar-refractivity contribution in [3.8, 4) is 0 Å². The molecule has 2 aromatic carbocycles. The molecule has 0 fully saturated rings. The third-order valence-corrected chi connectivity index (χ3v) is 3.87. The van der Waals surface area contributed by atoms with Gasteiger partial charge in [-0.15, -0.1) is 0 Å². The van der Waals surface area contributed by atoms with Crippen molar-refractivity contribution in [3.63, 3.8) is 0 Å². The molecule has 0 aliphatic heterocycles. The predicted molar refractivity (Wildman–Crippen MR) is 89.8 cm³/mol. The normalized spacial score (nSPS) is 10.7. The lowest BCUT2D eigenvalue weighted by Gasteiger charge is -2.09. The van der Waals surface area contributed by atoms with Crippen LogP contribution in [-0.2, 0) is 6.54 Å². The van der Waals surface area contributed by atoms with Crippen molar-refractivity contribution in [1.29, 1.82) is 0 Å². The number of aryl methyl sites for hydroxylation is 1. The van der Waals surface area contributed by atoms with Gasteiger partial charge in [-0.2, -0.15) is 0 Å². The number of nitrogens with one attached hydrogen (secondary N) is 1. The average Bonchev–Trinajstić information content (AvgIpc) is 2.52. The molecule has 0 radical (unpaired) electrons. The van der Waals surface area contributed by atoms with Crippen molar-refractivity contribution in [2.24, 2.45) is 0 Å². The van der Waals surface area contributed by atoms with Crippen LogP contribution in [0.1, 0.15) is 21.5 Å². The average molecular weight is 328 g/mol. The minimum absolute atomic E-state index is 0.217. The van der Waals surface area contributed by atoms with Crippen LogP contribution < -0.4 is 10.9 Å². The summed E-state index contributed by atoms with van der Waals surface area (Å²) in [4.78, 5) is 23.9. The number of hydrogen-bond donors (Lipinski definition) is 1. The smallest absolute Gasteiger partial charge is 0.336 e. The molecule has 1 heterocycles. The Morgan fingerprint density at radius 2 is 1.96 bits per heavy atom. The van der Waals surface area contributed by atoms with Crippen LogP contribution in [0.3, 0.4) is 0 Å². The second kappa shape index (κ2) is 6.26. The molecular formula is C18H14ClNO3. The molecule has 3 aromatic rings. The van der Waals surface area contributed by atoms with E-state index in [2.05, 4.69) is 5.32 Å². The second-order valence-corrected chi connectivity index (χ2v) is 5.66. The molecule has 1 aromatic heterocycles. The fourth-order valence-corrected chi connectivity index (χ4v) is 2.62. The topological polar surface area (TPSA) is 59.3 Å². The molecule has 0 unspecified atom stereocenters. The number of benzene rings is 2. The van der Waals surface area contributed by atoms with E-state index < -0.39 is 5.63 Å². The van der Waals surface area contributed by atoms with Gasteiger partial charge in [0, 0.05) is 18.0 Å². The minimum Gasteiger partial charge on any atom is -0.423 e. The summed E-state index contributed by atoms with van der Waals surface area (Å²) in [5, 5.41) is 3.97. The summed E-state index contributed by atoms with van der Waals surface area (Å²) < 4.78 is 5.20. The summed E-state index contributed by atoms with van der Waals surface area (Å²) in [5.41, 5.74) is 2.18. The summed E-state index contributed by atoms with van der Waals surface area (Å²) in [7, 11) is 0. The van der Waals surface area contributed by atoms with E-state index in [1.54, 1.807) is 30.3 Å². The van der Waals surface area contributed by atoms with E-state index in [-0.39, 0.29) is 12.5 Å². The van der Waals surface area contributed by atoms with Crippen LogP contribution >= 0.6 is 11.6 Å². The minimum atomic E-state index is -0.440. The van der Waals surface area contributed by atoms with Crippen LogP contribution in [-0.4, -0.2) is 5.91 Å². The Morgan fingerprint density at radius 1 is 1.17 bits per heavy atom. The molecule has 1 amide bonds. The van der Waals surface area contributed by atoms with Gasteiger partial charge in [0.05, 0.1) is 10.6 Å². The molecule has 116 valence electrons. The van der Waals surface area contributed by atoms with Gasteiger partial charge in [-0.3, -0.25) is 4.79 Å². The van der Waals surface area contributed by atoms with E-state index in [4.69, 9.17) is 16.0 Å². The Bertz CT molecular complexity index is 946. The van der Waals surface area contributed by atoms with E-state index in [9.17, 15) is 9.59 Å². The Hall–Kier alpha value is -2.59. The zero-order valence-corrected chi connectivity index (χ0v) is 13.2. The van der Waals surface area contributed by atoms with E-state index in [0.717, 1.165) is 10.9 Å².